The first-order valence-electron chi connectivity index (χ1n) is 10.2. The molecular weight excluding hydrogens is 436 g/mol. The molecule has 0 bridgehead atoms. The summed E-state index contributed by atoms with van der Waals surface area (Å²) in [7, 11) is 0. The van der Waals surface area contributed by atoms with E-state index in [9.17, 15) is 4.79 Å². The largest absolute Gasteiger partial charge is 0.378 e. The number of aryl methyl sites for hydroxylation is 2. The molecule has 1 aliphatic heterocycles. The number of hydrogen-bond acceptors (Lipinski definition) is 6. The van der Waals surface area contributed by atoms with Crippen LogP contribution >= 0.6 is 23.4 Å². The van der Waals surface area contributed by atoms with Gasteiger partial charge in [0, 0.05) is 29.5 Å². The fraction of sp³-hybridized carbons (Fsp3) is 0.429. The summed E-state index contributed by atoms with van der Waals surface area (Å²) in [5.41, 5.74) is 3.20. The molecule has 1 atom stereocenters. The molecule has 1 saturated heterocycles. The molecule has 1 unspecified atom stereocenters. The average Bonchev–Trinajstić information content (AvgIpc) is 3.15. The minimum absolute atomic E-state index is 0.0706. The number of nitrogens with one attached hydrogen (secondary N) is 2. The number of aromatic nitrogens is 4. The Hall–Kier alpha value is -2.36. The first-order chi connectivity index (χ1) is 14.9. The Bertz CT molecular complexity index is 1180. The second-order valence-electron chi connectivity index (χ2n) is 7.51. The smallest absolute Gasteiger partial charge is 0.236 e. The first kappa shape index (κ1) is 21.9. The van der Waals surface area contributed by atoms with Crippen LogP contribution in [0.3, 0.4) is 0 Å². The van der Waals surface area contributed by atoms with E-state index in [0.29, 0.717) is 53.9 Å². The van der Waals surface area contributed by atoms with Gasteiger partial charge in [-0.05, 0) is 44.0 Å². The van der Waals surface area contributed by atoms with Gasteiger partial charge in [0.25, 0.3) is 0 Å². The van der Waals surface area contributed by atoms with Crippen LogP contribution in [-0.4, -0.2) is 62.1 Å². The summed E-state index contributed by atoms with van der Waals surface area (Å²) in [6.45, 7) is 8.10. The summed E-state index contributed by atoms with van der Waals surface area (Å²) >= 11 is 7.61. The molecule has 0 spiro atoms. The zero-order chi connectivity index (χ0) is 22.1. The number of nitrogens with zero attached hydrogens (tertiary/aromatic N) is 4. The van der Waals surface area contributed by atoms with Crippen LogP contribution in [0.25, 0.3) is 16.7 Å². The summed E-state index contributed by atoms with van der Waals surface area (Å²) < 4.78 is 7.15. The van der Waals surface area contributed by atoms with Crippen LogP contribution in [0, 0.1) is 19.3 Å². The second kappa shape index (κ2) is 9.02. The zero-order valence-corrected chi connectivity index (χ0v) is 19.3. The molecule has 1 aromatic carbocycles. The van der Waals surface area contributed by atoms with Crippen LogP contribution in [0.1, 0.15) is 24.6 Å². The third kappa shape index (κ3) is 4.22. The third-order valence-corrected chi connectivity index (χ3v) is 7.13. The fourth-order valence-electron chi connectivity index (χ4n) is 3.64. The molecule has 0 aliphatic carbocycles. The molecule has 1 fully saturated rings. The fourth-order valence-corrected chi connectivity index (χ4v) is 4.87. The van der Waals surface area contributed by atoms with Crippen molar-refractivity contribution in [2.24, 2.45) is 0 Å². The Morgan fingerprint density at radius 3 is 2.77 bits per heavy atom. The lowest BCUT2D eigenvalue weighted by molar-refractivity contribution is -0.134. The van der Waals surface area contributed by atoms with E-state index in [1.54, 1.807) is 4.57 Å². The highest BCUT2D eigenvalue weighted by atomic mass is 35.5. The number of halogens is 1. The summed E-state index contributed by atoms with van der Waals surface area (Å²) in [4.78, 5) is 19.7. The number of H-pyrrole nitrogens is 1. The van der Waals surface area contributed by atoms with Crippen LogP contribution in [-0.2, 0) is 9.53 Å². The quantitative estimate of drug-likeness (QED) is 0.449. The molecule has 0 saturated carbocycles. The number of ether oxygens (including phenoxy) is 1. The number of carbonyl (C=O) groups excluding carboxylic acids is 1. The minimum Gasteiger partial charge on any atom is -0.378 e. The van der Waals surface area contributed by atoms with Gasteiger partial charge in [0.15, 0.2) is 10.8 Å². The van der Waals surface area contributed by atoms with Gasteiger partial charge in [-0.15, -0.1) is 0 Å². The number of rotatable bonds is 5. The molecule has 2 aromatic heterocycles. The molecule has 4 rings (SSSR count). The maximum absolute atomic E-state index is 13.2. The highest BCUT2D eigenvalue weighted by molar-refractivity contribution is 8.00. The van der Waals surface area contributed by atoms with Gasteiger partial charge < -0.3 is 9.64 Å². The molecule has 31 heavy (non-hydrogen) atoms. The van der Waals surface area contributed by atoms with Crippen molar-refractivity contribution in [3.8, 4) is 5.69 Å². The topological polar surface area (TPSA) is 99.9 Å². The van der Waals surface area contributed by atoms with Crippen molar-refractivity contribution in [3.05, 3.63) is 40.0 Å². The number of morpholine rings is 1. The van der Waals surface area contributed by atoms with E-state index in [4.69, 9.17) is 26.7 Å². The normalized spacial score (nSPS) is 15.4. The Balaban J connectivity index is 1.81. The average molecular weight is 461 g/mol. The number of amides is 1. The molecule has 10 heteroatoms. The molecule has 3 aromatic rings. The number of aromatic amines is 1. The van der Waals surface area contributed by atoms with Gasteiger partial charge in [0.2, 0.25) is 5.91 Å². The van der Waals surface area contributed by atoms with Crippen LogP contribution < -0.4 is 5.49 Å². The highest BCUT2D eigenvalue weighted by Crippen LogP contribution is 2.29. The Morgan fingerprint density at radius 2 is 2.10 bits per heavy atom. The van der Waals surface area contributed by atoms with Crippen molar-refractivity contribution >= 4 is 40.3 Å². The van der Waals surface area contributed by atoms with Crippen LogP contribution in [0.4, 0.5) is 0 Å². The van der Waals surface area contributed by atoms with Crippen LogP contribution in [0.15, 0.2) is 23.4 Å². The van der Waals surface area contributed by atoms with E-state index in [1.165, 1.54) is 11.8 Å². The summed E-state index contributed by atoms with van der Waals surface area (Å²) in [6, 6.07) is 5.61. The van der Waals surface area contributed by atoms with Crippen molar-refractivity contribution < 1.29 is 9.53 Å². The SMILES string of the molecule is CCC(Sc1nc2n[nH]c(C)c2c(=N)n1-c1ccc(Cl)c(C)c1)C(=O)N1CCOCC1. The van der Waals surface area contributed by atoms with E-state index < -0.39 is 0 Å². The van der Waals surface area contributed by atoms with E-state index in [2.05, 4.69) is 10.2 Å². The lowest BCUT2D eigenvalue weighted by Gasteiger charge is -2.30. The van der Waals surface area contributed by atoms with Gasteiger partial charge in [-0.2, -0.15) is 5.10 Å². The van der Waals surface area contributed by atoms with Crippen molar-refractivity contribution in [1.82, 2.24) is 24.6 Å². The molecule has 164 valence electrons. The molecule has 3 heterocycles. The van der Waals surface area contributed by atoms with Crippen molar-refractivity contribution in [2.75, 3.05) is 26.3 Å². The summed E-state index contributed by atoms with van der Waals surface area (Å²) in [5, 5.41) is 17.6. The number of carbonyl (C=O) groups is 1. The summed E-state index contributed by atoms with van der Waals surface area (Å²) in [6.07, 6.45) is 0.646. The van der Waals surface area contributed by atoms with Gasteiger partial charge in [0.1, 0.15) is 5.49 Å². The van der Waals surface area contributed by atoms with Crippen LogP contribution in [0.2, 0.25) is 5.02 Å². The molecular formula is C21H25ClN6O2S. The minimum atomic E-state index is -0.317. The van der Waals surface area contributed by atoms with Gasteiger partial charge >= 0.3 is 0 Å². The van der Waals surface area contributed by atoms with E-state index in [-0.39, 0.29) is 16.6 Å². The Morgan fingerprint density at radius 1 is 1.35 bits per heavy atom. The van der Waals surface area contributed by atoms with E-state index in [1.807, 2.05) is 43.9 Å². The van der Waals surface area contributed by atoms with Gasteiger partial charge in [-0.25, -0.2) is 4.98 Å². The molecule has 2 N–H and O–H groups in total. The van der Waals surface area contributed by atoms with Gasteiger partial charge in [-0.1, -0.05) is 30.3 Å². The predicted molar refractivity (Wildman–Crippen MR) is 121 cm³/mol. The predicted octanol–water partition coefficient (Wildman–Crippen LogP) is 3.23. The zero-order valence-electron chi connectivity index (χ0n) is 17.7. The number of fused-ring (bicyclic) bond motifs is 1. The molecule has 8 nitrogen and oxygen atoms in total. The Labute approximate surface area is 189 Å². The maximum atomic E-state index is 13.2. The van der Waals surface area contributed by atoms with E-state index >= 15 is 0 Å². The van der Waals surface area contributed by atoms with Crippen molar-refractivity contribution in [1.29, 1.82) is 5.41 Å². The Kier molecular flexibility index (Phi) is 6.36. The number of hydrogen-bond donors (Lipinski definition) is 2. The second-order valence-corrected chi connectivity index (χ2v) is 9.09. The van der Waals surface area contributed by atoms with Crippen LogP contribution in [0.5, 0.6) is 0 Å². The van der Waals surface area contributed by atoms with Gasteiger partial charge in [-0.3, -0.25) is 19.9 Å². The van der Waals surface area contributed by atoms with E-state index in [0.717, 1.165) is 16.9 Å². The molecule has 1 amide bonds. The summed E-state index contributed by atoms with van der Waals surface area (Å²) in [5.74, 6) is 0.0706. The molecule has 0 radical (unpaired) electrons. The van der Waals surface area contributed by atoms with Crippen molar-refractivity contribution in [2.45, 2.75) is 37.6 Å². The first-order valence-corrected chi connectivity index (χ1v) is 11.5. The lowest BCUT2D eigenvalue weighted by Crippen LogP contribution is -2.44. The number of benzene rings is 1. The standard InChI is InChI=1S/C21H25ClN6O2S/c1-4-16(20(29)27-7-9-30-10-8-27)31-21-24-19-17(13(3)25-26-19)18(23)28(21)14-5-6-15(22)12(2)11-14/h5-6,11,16,23H,4,7-10H2,1-3H3,(H,25,26). The molecule has 1 aliphatic rings. The highest BCUT2D eigenvalue weighted by Gasteiger charge is 2.28. The third-order valence-electron chi connectivity index (χ3n) is 5.40. The number of thioether (sulfide) groups is 1. The van der Waals surface area contributed by atoms with Crippen molar-refractivity contribution in [3.63, 3.8) is 0 Å². The lowest BCUT2D eigenvalue weighted by atomic mass is 10.2. The van der Waals surface area contributed by atoms with Gasteiger partial charge in [0.05, 0.1) is 23.8 Å². The maximum Gasteiger partial charge on any atom is 0.236 e. The monoisotopic (exact) mass is 460 g/mol.